The second-order valence-corrected chi connectivity index (χ2v) is 10.9. The van der Waals surface area contributed by atoms with Gasteiger partial charge < -0.3 is 15.0 Å². The first-order valence-electron chi connectivity index (χ1n) is 12.9. The van der Waals surface area contributed by atoms with E-state index in [2.05, 4.69) is 89.8 Å². The van der Waals surface area contributed by atoms with Crippen LogP contribution in [0.1, 0.15) is 67.2 Å². The Kier molecular flexibility index (Phi) is 8.73. The molecule has 2 atom stereocenters. The minimum atomic E-state index is 0.473. The van der Waals surface area contributed by atoms with Gasteiger partial charge in [-0.25, -0.2) is 0 Å². The standard InChI is InChI=1S/C30H46N2O/c1-20(2)23(6)19-33-29-18-32(8)27(15-22(29)5)16-31-17-28(25-11-9-10-12-25)24(7)30(21(3)4)26-13-14-26/h9,11,15,17,20-21,23,25,31H,7,10,12-14,16,18-19H2,1-6,8H3/b28-17-. The minimum Gasteiger partial charge on any atom is -0.495 e. The summed E-state index contributed by atoms with van der Waals surface area (Å²) < 4.78 is 6.19. The van der Waals surface area contributed by atoms with Crippen LogP contribution in [0, 0.1) is 23.7 Å². The monoisotopic (exact) mass is 450 g/mol. The van der Waals surface area contributed by atoms with Crippen LogP contribution in [0.2, 0.25) is 0 Å². The second-order valence-electron chi connectivity index (χ2n) is 10.9. The summed E-state index contributed by atoms with van der Waals surface area (Å²) >= 11 is 0. The normalized spacial score (nSPS) is 21.7. The molecule has 2 unspecified atom stereocenters. The minimum absolute atomic E-state index is 0.473. The zero-order chi connectivity index (χ0) is 24.1. The molecule has 0 aromatic heterocycles. The van der Waals surface area contributed by atoms with Crippen LogP contribution < -0.4 is 5.32 Å². The smallest absolute Gasteiger partial charge is 0.118 e. The van der Waals surface area contributed by atoms with E-state index in [-0.39, 0.29) is 0 Å². The van der Waals surface area contributed by atoms with E-state index in [4.69, 9.17) is 4.74 Å². The van der Waals surface area contributed by atoms with E-state index >= 15 is 0 Å². The van der Waals surface area contributed by atoms with Crippen LogP contribution in [-0.4, -0.2) is 31.6 Å². The summed E-state index contributed by atoms with van der Waals surface area (Å²) in [5, 5.41) is 3.64. The highest BCUT2D eigenvalue weighted by Gasteiger charge is 2.26. The van der Waals surface area contributed by atoms with Gasteiger partial charge in [-0.3, -0.25) is 0 Å². The number of ether oxygens (including phenoxy) is 1. The van der Waals surface area contributed by atoms with E-state index in [9.17, 15) is 0 Å². The van der Waals surface area contributed by atoms with Crippen LogP contribution in [0.5, 0.6) is 0 Å². The topological polar surface area (TPSA) is 24.5 Å². The lowest BCUT2D eigenvalue weighted by Crippen LogP contribution is -2.31. The number of allylic oxidation sites excluding steroid dienone is 8. The van der Waals surface area contributed by atoms with Crippen LogP contribution >= 0.6 is 0 Å². The molecule has 0 aromatic rings. The fourth-order valence-corrected chi connectivity index (χ4v) is 4.68. The number of rotatable bonds is 11. The van der Waals surface area contributed by atoms with Gasteiger partial charge in [0.2, 0.25) is 0 Å². The lowest BCUT2D eigenvalue weighted by Gasteiger charge is -2.30. The molecule has 3 rings (SSSR count). The summed E-state index contributed by atoms with van der Waals surface area (Å²) in [5.74, 6) is 3.30. The number of likely N-dealkylation sites (N-methyl/N-ethyl adjacent to an activating group) is 1. The zero-order valence-electron chi connectivity index (χ0n) is 22.1. The summed E-state index contributed by atoms with van der Waals surface area (Å²) in [5.41, 5.74) is 8.26. The Morgan fingerprint density at radius 1 is 1.24 bits per heavy atom. The molecule has 3 nitrogen and oxygen atoms in total. The van der Waals surface area contributed by atoms with Gasteiger partial charge in [0.15, 0.2) is 0 Å². The molecule has 0 spiro atoms. The van der Waals surface area contributed by atoms with Crippen molar-refractivity contribution in [3.8, 4) is 0 Å². The molecule has 2 aliphatic carbocycles. The molecule has 0 amide bonds. The fraction of sp³-hybridized carbons (Fsp3) is 0.600. The lowest BCUT2D eigenvalue weighted by atomic mass is 9.84. The van der Waals surface area contributed by atoms with Gasteiger partial charge in [-0.15, -0.1) is 0 Å². The molecule has 182 valence electrons. The fourth-order valence-electron chi connectivity index (χ4n) is 4.68. The van der Waals surface area contributed by atoms with Crippen molar-refractivity contribution in [2.75, 3.05) is 26.7 Å². The van der Waals surface area contributed by atoms with Crippen LogP contribution in [0.25, 0.3) is 0 Å². The van der Waals surface area contributed by atoms with E-state index in [0.717, 1.165) is 25.5 Å². The van der Waals surface area contributed by atoms with Gasteiger partial charge in [-0.1, -0.05) is 58.9 Å². The van der Waals surface area contributed by atoms with Gasteiger partial charge in [0.05, 0.1) is 19.7 Å². The average molecular weight is 451 g/mol. The largest absolute Gasteiger partial charge is 0.495 e. The average Bonchev–Trinajstić information content (AvgIpc) is 3.43. The van der Waals surface area contributed by atoms with Gasteiger partial charge in [-0.2, -0.15) is 0 Å². The van der Waals surface area contributed by atoms with Crippen molar-refractivity contribution in [2.45, 2.75) is 67.2 Å². The summed E-state index contributed by atoms with van der Waals surface area (Å²) in [6, 6.07) is 0. The number of nitrogens with one attached hydrogen (secondary N) is 1. The molecule has 0 bridgehead atoms. The quantitative estimate of drug-likeness (QED) is 0.267. The molecule has 1 heterocycles. The predicted octanol–water partition coefficient (Wildman–Crippen LogP) is 7.14. The molecule has 1 fully saturated rings. The Bertz CT molecular complexity index is 875. The molecule has 33 heavy (non-hydrogen) atoms. The van der Waals surface area contributed by atoms with Gasteiger partial charge >= 0.3 is 0 Å². The lowest BCUT2D eigenvalue weighted by molar-refractivity contribution is 0.131. The highest BCUT2D eigenvalue weighted by Crippen LogP contribution is 2.42. The van der Waals surface area contributed by atoms with Crippen molar-refractivity contribution >= 4 is 0 Å². The molecule has 3 aliphatic rings. The first-order valence-corrected chi connectivity index (χ1v) is 12.9. The summed E-state index contributed by atoms with van der Waals surface area (Å²) in [4.78, 5) is 2.30. The van der Waals surface area contributed by atoms with E-state index in [0.29, 0.717) is 23.7 Å². The van der Waals surface area contributed by atoms with Crippen molar-refractivity contribution in [2.24, 2.45) is 23.7 Å². The number of hydrogen-bond donors (Lipinski definition) is 1. The third-order valence-electron chi connectivity index (χ3n) is 7.44. The Morgan fingerprint density at radius 3 is 2.55 bits per heavy atom. The predicted molar refractivity (Wildman–Crippen MR) is 142 cm³/mol. The van der Waals surface area contributed by atoms with E-state index in [1.807, 2.05) is 0 Å². The Balaban J connectivity index is 1.70. The zero-order valence-corrected chi connectivity index (χ0v) is 22.1. The first kappa shape index (κ1) is 25.5. The highest BCUT2D eigenvalue weighted by atomic mass is 16.5. The summed E-state index contributed by atoms with van der Waals surface area (Å²) in [6.07, 6.45) is 14.1. The van der Waals surface area contributed by atoms with Crippen molar-refractivity contribution in [3.05, 3.63) is 70.3 Å². The third kappa shape index (κ3) is 6.68. The molecular weight excluding hydrogens is 404 g/mol. The maximum Gasteiger partial charge on any atom is 0.118 e. The summed E-state index contributed by atoms with van der Waals surface area (Å²) in [6.45, 7) is 20.6. The van der Waals surface area contributed by atoms with Crippen LogP contribution in [0.15, 0.2) is 70.3 Å². The SMILES string of the molecule is C=C(C(=C1CC1)C(C)C)/C(=C/NCC1=CC(C)=C(OCC(C)C(C)C)CN1C)C1C=CCC1. The molecule has 0 radical (unpaired) electrons. The molecule has 1 N–H and O–H groups in total. The van der Waals surface area contributed by atoms with Crippen molar-refractivity contribution in [1.82, 2.24) is 10.2 Å². The Labute approximate surface area is 203 Å². The maximum absolute atomic E-state index is 6.19. The molecule has 1 aliphatic heterocycles. The maximum atomic E-state index is 6.19. The van der Waals surface area contributed by atoms with Crippen molar-refractivity contribution in [3.63, 3.8) is 0 Å². The molecule has 0 saturated heterocycles. The van der Waals surface area contributed by atoms with E-state index < -0.39 is 0 Å². The summed E-state index contributed by atoms with van der Waals surface area (Å²) in [7, 11) is 2.16. The number of nitrogens with zero attached hydrogens (tertiary/aromatic N) is 1. The molecule has 0 aromatic carbocycles. The van der Waals surface area contributed by atoms with Crippen LogP contribution in [0.4, 0.5) is 0 Å². The Hall–Kier alpha value is -2.16. The van der Waals surface area contributed by atoms with E-state index in [1.54, 1.807) is 5.57 Å². The van der Waals surface area contributed by atoms with Crippen molar-refractivity contribution in [1.29, 1.82) is 0 Å². The first-order chi connectivity index (χ1) is 15.7. The van der Waals surface area contributed by atoms with Gasteiger partial charge in [-0.05, 0) is 78.7 Å². The number of hydrogen-bond acceptors (Lipinski definition) is 3. The highest BCUT2D eigenvalue weighted by molar-refractivity contribution is 5.52. The van der Waals surface area contributed by atoms with E-state index in [1.165, 1.54) is 53.7 Å². The second kappa shape index (κ2) is 11.3. The molecular formula is C30H46N2O. The van der Waals surface area contributed by atoms with Crippen LogP contribution in [0.3, 0.4) is 0 Å². The van der Waals surface area contributed by atoms with Gasteiger partial charge in [0, 0.05) is 24.9 Å². The van der Waals surface area contributed by atoms with Gasteiger partial charge in [0.25, 0.3) is 0 Å². The molecule has 3 heteroatoms. The van der Waals surface area contributed by atoms with Crippen LogP contribution in [-0.2, 0) is 4.74 Å². The van der Waals surface area contributed by atoms with Crippen molar-refractivity contribution < 1.29 is 4.74 Å². The molecule has 1 saturated carbocycles. The Morgan fingerprint density at radius 2 is 1.97 bits per heavy atom. The van der Waals surface area contributed by atoms with Gasteiger partial charge in [0.1, 0.15) is 5.76 Å². The third-order valence-corrected chi connectivity index (χ3v) is 7.44.